The molecule has 0 heterocycles. The van der Waals surface area contributed by atoms with Crippen LogP contribution in [0, 0.1) is 11.8 Å². The topological polar surface area (TPSA) is 65.1 Å². The first-order valence-corrected chi connectivity index (χ1v) is 19.7. The summed E-state index contributed by atoms with van der Waals surface area (Å²) in [7, 11) is 0. The van der Waals surface area contributed by atoms with Crippen LogP contribution < -0.4 is 0 Å². The van der Waals surface area contributed by atoms with Gasteiger partial charge in [0.05, 0.1) is 6.61 Å². The number of ether oxygens (including phenoxy) is 3. The molecule has 0 aromatic carbocycles. The number of nitrogens with zero attached hydrogens (tertiary/aromatic N) is 1. The van der Waals surface area contributed by atoms with Crippen molar-refractivity contribution in [1.82, 2.24) is 4.90 Å². The largest absolute Gasteiger partial charge is 0.466 e. The van der Waals surface area contributed by atoms with Crippen LogP contribution in [0.3, 0.4) is 0 Å². The van der Waals surface area contributed by atoms with Crippen molar-refractivity contribution in [2.45, 2.75) is 162 Å². The van der Waals surface area contributed by atoms with E-state index in [2.05, 4.69) is 69.1 Å². The van der Waals surface area contributed by atoms with Crippen molar-refractivity contribution in [2.24, 2.45) is 11.8 Å². The summed E-state index contributed by atoms with van der Waals surface area (Å²) in [6.45, 7) is 13.4. The summed E-state index contributed by atoms with van der Waals surface area (Å²) in [6, 6.07) is 0. The zero-order chi connectivity index (χ0) is 34.2. The van der Waals surface area contributed by atoms with E-state index in [1.54, 1.807) is 0 Å². The van der Waals surface area contributed by atoms with Crippen molar-refractivity contribution >= 4 is 11.9 Å². The van der Waals surface area contributed by atoms with E-state index in [0.29, 0.717) is 26.1 Å². The molecule has 1 fully saturated rings. The second-order valence-corrected chi connectivity index (χ2v) is 13.3. The molecule has 6 nitrogen and oxygen atoms in total. The molecular weight excluding hydrogens is 586 g/mol. The number of hydrogen-bond donors (Lipinski definition) is 0. The Labute approximate surface area is 290 Å². The van der Waals surface area contributed by atoms with Crippen molar-refractivity contribution in [3.63, 3.8) is 0 Å². The van der Waals surface area contributed by atoms with Gasteiger partial charge in [0.1, 0.15) is 6.10 Å². The molecule has 47 heavy (non-hydrogen) atoms. The molecule has 272 valence electrons. The molecule has 0 bridgehead atoms. The highest BCUT2D eigenvalue weighted by Crippen LogP contribution is 2.39. The fourth-order valence-corrected chi connectivity index (χ4v) is 6.40. The van der Waals surface area contributed by atoms with E-state index < -0.39 is 0 Å². The number of unbranched alkanes of at least 4 members (excludes halogenated alkanes) is 9. The van der Waals surface area contributed by atoms with Crippen LogP contribution in [-0.2, 0) is 23.8 Å². The third-order valence-electron chi connectivity index (χ3n) is 9.36. The average Bonchev–Trinajstić information content (AvgIpc) is 3.43. The van der Waals surface area contributed by atoms with E-state index in [0.717, 1.165) is 77.6 Å². The highest BCUT2D eigenvalue weighted by Gasteiger charge is 2.39. The lowest BCUT2D eigenvalue weighted by Gasteiger charge is -2.24. The first-order valence-electron chi connectivity index (χ1n) is 19.7. The minimum Gasteiger partial charge on any atom is -0.466 e. The number of esters is 2. The summed E-state index contributed by atoms with van der Waals surface area (Å²) in [6.07, 6.45) is 34.4. The molecule has 0 saturated heterocycles. The molecule has 0 aromatic heterocycles. The maximum Gasteiger partial charge on any atom is 0.306 e. The molecule has 1 rings (SSSR count). The van der Waals surface area contributed by atoms with Crippen LogP contribution in [0.15, 0.2) is 36.5 Å². The molecule has 3 unspecified atom stereocenters. The van der Waals surface area contributed by atoms with Crippen LogP contribution in [0.4, 0.5) is 0 Å². The van der Waals surface area contributed by atoms with E-state index in [1.165, 1.54) is 64.2 Å². The molecule has 3 atom stereocenters. The monoisotopic (exact) mass is 660 g/mol. The van der Waals surface area contributed by atoms with Gasteiger partial charge in [-0.2, -0.15) is 0 Å². The maximum absolute atomic E-state index is 12.7. The van der Waals surface area contributed by atoms with Gasteiger partial charge >= 0.3 is 11.9 Å². The first-order chi connectivity index (χ1) is 23.0. The van der Waals surface area contributed by atoms with Crippen molar-refractivity contribution in [3.8, 4) is 0 Å². The smallest absolute Gasteiger partial charge is 0.306 e. The van der Waals surface area contributed by atoms with Gasteiger partial charge in [-0.15, -0.1) is 0 Å². The lowest BCUT2D eigenvalue weighted by molar-refractivity contribution is -0.151. The molecule has 1 saturated carbocycles. The number of rotatable bonds is 31. The van der Waals surface area contributed by atoms with Gasteiger partial charge in [-0.3, -0.25) is 9.59 Å². The summed E-state index contributed by atoms with van der Waals surface area (Å²) in [5.41, 5.74) is 0. The summed E-state index contributed by atoms with van der Waals surface area (Å²) in [4.78, 5) is 27.6. The Morgan fingerprint density at radius 2 is 1.36 bits per heavy atom. The summed E-state index contributed by atoms with van der Waals surface area (Å²) in [5.74, 6) is 0.119. The fourth-order valence-electron chi connectivity index (χ4n) is 6.40. The molecular formula is C41H73NO5. The molecule has 0 N–H and O–H groups in total. The quantitative estimate of drug-likeness (QED) is 0.0419. The van der Waals surface area contributed by atoms with Crippen molar-refractivity contribution in [3.05, 3.63) is 36.5 Å². The van der Waals surface area contributed by atoms with Gasteiger partial charge in [0, 0.05) is 38.4 Å². The maximum atomic E-state index is 12.7. The van der Waals surface area contributed by atoms with Crippen molar-refractivity contribution in [1.29, 1.82) is 0 Å². The third kappa shape index (κ3) is 24.0. The molecule has 0 radical (unpaired) electrons. The normalized spacial score (nSPS) is 18.4. The minimum atomic E-state index is -0.143. The summed E-state index contributed by atoms with van der Waals surface area (Å²) >= 11 is 0. The van der Waals surface area contributed by atoms with Gasteiger partial charge in [0.15, 0.2) is 0 Å². The predicted molar refractivity (Wildman–Crippen MR) is 198 cm³/mol. The Hall–Kier alpha value is -1.92. The molecule has 0 aliphatic heterocycles. The van der Waals surface area contributed by atoms with Gasteiger partial charge in [0.2, 0.25) is 0 Å². The zero-order valence-corrected chi connectivity index (χ0v) is 31.1. The minimum absolute atomic E-state index is 0.106. The number of hydrogen-bond acceptors (Lipinski definition) is 6. The van der Waals surface area contributed by atoms with Crippen LogP contribution in [-0.4, -0.2) is 62.4 Å². The van der Waals surface area contributed by atoms with Crippen LogP contribution >= 0.6 is 0 Å². The number of carbonyl (C=O) groups excluding carboxylic acids is 2. The van der Waals surface area contributed by atoms with Crippen LogP contribution in [0.2, 0.25) is 0 Å². The Balaban J connectivity index is 2.10. The zero-order valence-electron chi connectivity index (χ0n) is 31.1. The third-order valence-corrected chi connectivity index (χ3v) is 9.36. The Kier molecular flexibility index (Phi) is 28.8. The van der Waals surface area contributed by atoms with Gasteiger partial charge in [-0.05, 0) is 96.2 Å². The van der Waals surface area contributed by atoms with Crippen molar-refractivity contribution < 1.29 is 23.8 Å². The number of carbonyl (C=O) groups is 2. The summed E-state index contributed by atoms with van der Waals surface area (Å²) in [5, 5.41) is 0. The van der Waals surface area contributed by atoms with Crippen LogP contribution in [0.5, 0.6) is 0 Å². The average molecular weight is 660 g/mol. The van der Waals surface area contributed by atoms with Gasteiger partial charge in [-0.1, -0.05) is 103 Å². The Morgan fingerprint density at radius 1 is 0.681 bits per heavy atom. The second-order valence-electron chi connectivity index (χ2n) is 13.3. The molecule has 1 aliphatic carbocycles. The van der Waals surface area contributed by atoms with E-state index >= 15 is 0 Å². The fraction of sp³-hybridized carbons (Fsp3) is 0.805. The molecule has 1 aliphatic rings. The number of allylic oxidation sites excluding steroid dienone is 6. The SMILES string of the molecule is CC/C=C\CC1C(CC(=O)OCCCOCCCCCCCC/C=C\C/C=C\CCCCC)CCC1OC(=O)CCCN(CC)CC. The molecule has 6 heteroatoms. The van der Waals surface area contributed by atoms with Gasteiger partial charge in [-0.25, -0.2) is 0 Å². The van der Waals surface area contributed by atoms with E-state index in [1.807, 2.05) is 0 Å². The van der Waals surface area contributed by atoms with Crippen LogP contribution in [0.25, 0.3) is 0 Å². The Morgan fingerprint density at radius 3 is 2.06 bits per heavy atom. The van der Waals surface area contributed by atoms with Crippen LogP contribution in [0.1, 0.15) is 156 Å². The lowest BCUT2D eigenvalue weighted by Crippen LogP contribution is -2.28. The van der Waals surface area contributed by atoms with Crippen molar-refractivity contribution in [2.75, 3.05) is 39.5 Å². The predicted octanol–water partition coefficient (Wildman–Crippen LogP) is 10.6. The second kappa shape index (κ2) is 31.4. The van der Waals surface area contributed by atoms with Gasteiger partial charge < -0.3 is 19.1 Å². The Bertz CT molecular complexity index is 834. The highest BCUT2D eigenvalue weighted by molar-refractivity contribution is 5.70. The van der Waals surface area contributed by atoms with E-state index in [4.69, 9.17) is 14.2 Å². The molecule has 0 aromatic rings. The van der Waals surface area contributed by atoms with E-state index in [-0.39, 0.29) is 29.9 Å². The first kappa shape index (κ1) is 43.1. The van der Waals surface area contributed by atoms with E-state index in [9.17, 15) is 9.59 Å². The molecule has 0 amide bonds. The molecule has 0 spiro atoms. The van der Waals surface area contributed by atoms with Gasteiger partial charge in [0.25, 0.3) is 0 Å². The lowest BCUT2D eigenvalue weighted by atomic mass is 9.88. The standard InChI is InChI=1S/C41H73NO5/c1-5-9-11-12-13-14-15-16-17-18-19-20-21-22-23-25-33-45-34-27-35-46-41(44)36-37-30-31-39(38(37)28-24-10-6-2)47-40(43)29-26-32-42(7-3)8-4/h10,13-14,16-17,24,37-39H,5-9,11-12,15,18-23,25-36H2,1-4H3/b14-13-,17-16-,24-10-. The highest BCUT2D eigenvalue weighted by atomic mass is 16.5. The summed E-state index contributed by atoms with van der Waals surface area (Å²) < 4.78 is 17.3.